The number of benzene rings is 2. The van der Waals surface area contributed by atoms with Crippen LogP contribution in [0.3, 0.4) is 0 Å². The molecule has 2 aromatic carbocycles. The van der Waals surface area contributed by atoms with Gasteiger partial charge in [-0.2, -0.15) is 23.8 Å². The highest BCUT2D eigenvalue weighted by Crippen LogP contribution is 2.51. The Labute approximate surface area is 185 Å². The number of pyridine rings is 1. The zero-order valence-corrected chi connectivity index (χ0v) is 18.1. The molecule has 0 amide bonds. The van der Waals surface area contributed by atoms with Crippen molar-refractivity contribution in [2.45, 2.75) is 24.0 Å². The van der Waals surface area contributed by atoms with Crippen LogP contribution < -0.4 is 16.0 Å². The Hall–Kier alpha value is -2.53. The summed E-state index contributed by atoms with van der Waals surface area (Å²) in [6.07, 6.45) is -3.79. The molecule has 32 heavy (non-hydrogen) atoms. The number of rotatable bonds is 5. The van der Waals surface area contributed by atoms with Crippen molar-refractivity contribution >= 4 is 33.0 Å². The minimum Gasteiger partial charge on any atom is -0.384 e. The smallest absolute Gasteiger partial charge is 0.384 e. The fourth-order valence-corrected chi connectivity index (χ4v) is 5.35. The summed E-state index contributed by atoms with van der Waals surface area (Å²) in [5, 5.41) is 3.57. The summed E-state index contributed by atoms with van der Waals surface area (Å²) in [6.45, 7) is 1.72. The molecule has 0 radical (unpaired) electrons. The number of nitrogens with one attached hydrogen (secondary N) is 1. The fourth-order valence-electron chi connectivity index (χ4n) is 3.80. The molecular formula is C22H25F3N4O2S. The SMILES string of the molecule is NCCCNc1cc(N2CCS(O)(O)c3ccccc3C2)nc2ccc(C(F)(F)F)cc12. The van der Waals surface area contributed by atoms with E-state index in [1.807, 2.05) is 17.0 Å². The molecule has 0 saturated carbocycles. The van der Waals surface area contributed by atoms with Crippen molar-refractivity contribution in [3.05, 3.63) is 59.7 Å². The van der Waals surface area contributed by atoms with Crippen molar-refractivity contribution < 1.29 is 22.3 Å². The summed E-state index contributed by atoms with van der Waals surface area (Å²) in [4.78, 5) is 7.06. The summed E-state index contributed by atoms with van der Waals surface area (Å²) >= 11 is 0. The number of hydrogen-bond donors (Lipinski definition) is 4. The van der Waals surface area contributed by atoms with Gasteiger partial charge in [0.15, 0.2) is 0 Å². The number of nitrogens with zero attached hydrogens (tertiary/aromatic N) is 2. The standard InChI is InChI=1S/C22H25F3N4O2S/c23-22(24,25)16-6-7-18-17(12-16)19(27-9-3-8-26)13-21(28-18)29-10-11-32(30,31)20-5-2-1-4-15(20)14-29/h1-2,4-7,12-13,30-31H,3,8-11,14,26H2,(H,27,28). The van der Waals surface area contributed by atoms with Crippen LogP contribution in [0.4, 0.5) is 24.7 Å². The summed E-state index contributed by atoms with van der Waals surface area (Å²) in [6, 6.07) is 12.4. The highest BCUT2D eigenvalue weighted by molar-refractivity contribution is 8.24. The number of anilines is 2. The van der Waals surface area contributed by atoms with Gasteiger partial charge >= 0.3 is 6.18 Å². The first-order valence-electron chi connectivity index (χ1n) is 10.2. The molecule has 4 rings (SSSR count). The Balaban J connectivity index is 1.77. The van der Waals surface area contributed by atoms with Crippen molar-refractivity contribution in [2.75, 3.05) is 35.6 Å². The number of aromatic nitrogens is 1. The lowest BCUT2D eigenvalue weighted by Crippen LogP contribution is -2.26. The Morgan fingerprint density at radius 3 is 2.66 bits per heavy atom. The van der Waals surface area contributed by atoms with Crippen molar-refractivity contribution in [1.29, 1.82) is 0 Å². The first kappa shape index (κ1) is 22.7. The van der Waals surface area contributed by atoms with Gasteiger partial charge in [0.25, 0.3) is 0 Å². The van der Waals surface area contributed by atoms with Gasteiger partial charge < -0.3 is 16.0 Å². The molecule has 1 aliphatic rings. The Morgan fingerprint density at radius 1 is 1.12 bits per heavy atom. The van der Waals surface area contributed by atoms with E-state index in [9.17, 15) is 22.3 Å². The molecule has 172 valence electrons. The second-order valence-electron chi connectivity index (χ2n) is 7.73. The molecule has 1 aliphatic heterocycles. The molecular weight excluding hydrogens is 441 g/mol. The van der Waals surface area contributed by atoms with Gasteiger partial charge in [0.2, 0.25) is 0 Å². The third-order valence-electron chi connectivity index (χ3n) is 5.47. The molecule has 0 bridgehead atoms. The molecule has 10 heteroatoms. The molecule has 3 aromatic rings. The normalized spacial score (nSPS) is 17.0. The fraction of sp³-hybridized carbons (Fsp3) is 0.318. The molecule has 0 aliphatic carbocycles. The maximum atomic E-state index is 13.3. The summed E-state index contributed by atoms with van der Waals surface area (Å²) in [7, 11) is -2.94. The third kappa shape index (κ3) is 4.63. The van der Waals surface area contributed by atoms with Gasteiger partial charge in [-0.3, -0.25) is 9.11 Å². The van der Waals surface area contributed by atoms with E-state index in [1.165, 1.54) is 6.07 Å². The monoisotopic (exact) mass is 466 g/mol. The van der Waals surface area contributed by atoms with Gasteiger partial charge in [0.1, 0.15) is 5.82 Å². The van der Waals surface area contributed by atoms with E-state index in [1.54, 1.807) is 18.2 Å². The van der Waals surface area contributed by atoms with Gasteiger partial charge in [-0.25, -0.2) is 4.98 Å². The van der Waals surface area contributed by atoms with Gasteiger partial charge in [-0.15, -0.1) is 0 Å². The van der Waals surface area contributed by atoms with Crippen molar-refractivity contribution in [1.82, 2.24) is 4.98 Å². The van der Waals surface area contributed by atoms with Gasteiger partial charge in [0, 0.05) is 36.8 Å². The molecule has 6 nitrogen and oxygen atoms in total. The van der Waals surface area contributed by atoms with Crippen molar-refractivity contribution in [2.24, 2.45) is 5.73 Å². The average molecular weight is 467 g/mol. The summed E-state index contributed by atoms with van der Waals surface area (Å²) in [5.41, 5.74) is 6.58. The number of hydrogen-bond acceptors (Lipinski definition) is 6. The largest absolute Gasteiger partial charge is 0.416 e. The first-order chi connectivity index (χ1) is 15.2. The van der Waals surface area contributed by atoms with Crippen molar-refractivity contribution in [3.8, 4) is 0 Å². The number of fused-ring (bicyclic) bond motifs is 2. The second kappa shape index (κ2) is 8.78. The van der Waals surface area contributed by atoms with Crippen LogP contribution in [0.1, 0.15) is 17.5 Å². The van der Waals surface area contributed by atoms with Crippen LogP contribution >= 0.6 is 10.6 Å². The van der Waals surface area contributed by atoms with Crippen LogP contribution in [-0.2, 0) is 12.7 Å². The summed E-state index contributed by atoms with van der Waals surface area (Å²) < 4.78 is 61.0. The zero-order valence-electron chi connectivity index (χ0n) is 17.3. The topological polar surface area (TPSA) is 94.6 Å². The minimum absolute atomic E-state index is 0.146. The highest BCUT2D eigenvalue weighted by Gasteiger charge is 2.31. The Morgan fingerprint density at radius 2 is 1.91 bits per heavy atom. The Kier molecular flexibility index (Phi) is 6.22. The van der Waals surface area contributed by atoms with E-state index in [0.717, 1.165) is 17.7 Å². The second-order valence-corrected chi connectivity index (χ2v) is 9.91. The Bertz CT molecular complexity index is 1120. The number of nitrogens with two attached hydrogens (primary N) is 1. The molecule has 0 spiro atoms. The van der Waals surface area contributed by atoms with Crippen LogP contribution in [0.25, 0.3) is 10.9 Å². The summed E-state index contributed by atoms with van der Waals surface area (Å²) in [5.74, 6) is 0.701. The van der Waals surface area contributed by atoms with E-state index >= 15 is 0 Å². The maximum Gasteiger partial charge on any atom is 0.416 e. The molecule has 0 unspecified atom stereocenters. The molecule has 1 aromatic heterocycles. The van der Waals surface area contributed by atoms with E-state index in [2.05, 4.69) is 10.3 Å². The van der Waals surface area contributed by atoms with Gasteiger partial charge in [0.05, 0.1) is 21.7 Å². The van der Waals surface area contributed by atoms with Crippen LogP contribution in [0.5, 0.6) is 0 Å². The van der Waals surface area contributed by atoms with Crippen molar-refractivity contribution in [3.63, 3.8) is 0 Å². The van der Waals surface area contributed by atoms with Gasteiger partial charge in [-0.1, -0.05) is 18.2 Å². The highest BCUT2D eigenvalue weighted by atomic mass is 32.3. The van der Waals surface area contributed by atoms with Crippen LogP contribution in [0.2, 0.25) is 0 Å². The van der Waals surface area contributed by atoms with Crippen LogP contribution in [0.15, 0.2) is 53.4 Å². The van der Waals surface area contributed by atoms with Gasteiger partial charge in [-0.05, 0) is 42.8 Å². The van der Waals surface area contributed by atoms with Crippen LogP contribution in [-0.4, -0.2) is 39.5 Å². The number of alkyl halides is 3. The molecule has 0 fully saturated rings. The van der Waals surface area contributed by atoms with E-state index in [0.29, 0.717) is 59.9 Å². The lowest BCUT2D eigenvalue weighted by Gasteiger charge is -2.32. The van der Waals surface area contributed by atoms with E-state index in [-0.39, 0.29) is 5.75 Å². The average Bonchev–Trinajstić information content (AvgIpc) is 2.89. The molecule has 0 saturated heterocycles. The molecule has 2 heterocycles. The zero-order chi connectivity index (χ0) is 22.9. The molecule has 0 atom stereocenters. The predicted octanol–water partition coefficient (Wildman–Crippen LogP) is 5.14. The maximum absolute atomic E-state index is 13.3. The number of halogens is 3. The third-order valence-corrected chi connectivity index (χ3v) is 7.33. The van der Waals surface area contributed by atoms with E-state index in [4.69, 9.17) is 5.73 Å². The molecule has 5 N–H and O–H groups in total. The van der Waals surface area contributed by atoms with E-state index < -0.39 is 22.3 Å². The predicted molar refractivity (Wildman–Crippen MR) is 122 cm³/mol. The lowest BCUT2D eigenvalue weighted by atomic mass is 10.1. The minimum atomic E-state index is -4.45. The first-order valence-corrected chi connectivity index (χ1v) is 12.0. The lowest BCUT2D eigenvalue weighted by molar-refractivity contribution is -0.137. The quantitative estimate of drug-likeness (QED) is 0.389. The van der Waals surface area contributed by atoms with Crippen LogP contribution in [0, 0.1) is 0 Å².